The van der Waals surface area contributed by atoms with Gasteiger partial charge in [0.2, 0.25) is 5.95 Å². The summed E-state index contributed by atoms with van der Waals surface area (Å²) >= 11 is 0. The number of nitrogens with zero attached hydrogens (tertiary/aromatic N) is 2. The largest absolute Gasteiger partial charge is 0.369 e. The number of allylic oxidation sites excluding steroid dienone is 1. The van der Waals surface area contributed by atoms with Gasteiger partial charge in [-0.2, -0.15) is 0 Å². The van der Waals surface area contributed by atoms with Gasteiger partial charge in [0.1, 0.15) is 0 Å². The quantitative estimate of drug-likeness (QED) is 0.682. The van der Waals surface area contributed by atoms with E-state index in [2.05, 4.69) is 66.2 Å². The van der Waals surface area contributed by atoms with Crippen LogP contribution in [-0.4, -0.2) is 9.55 Å². The molecule has 1 unspecified atom stereocenters. The molecule has 4 nitrogen and oxygen atoms in total. The van der Waals surface area contributed by atoms with Gasteiger partial charge in [0.25, 0.3) is 5.56 Å². The van der Waals surface area contributed by atoms with Gasteiger partial charge in [-0.1, -0.05) is 61.9 Å². The highest BCUT2D eigenvalue weighted by atomic mass is 16.1. The summed E-state index contributed by atoms with van der Waals surface area (Å²) in [6.45, 7) is 2.20. The maximum absolute atomic E-state index is 12.0. The Morgan fingerprint density at radius 2 is 1.82 bits per heavy atom. The van der Waals surface area contributed by atoms with Crippen molar-refractivity contribution in [2.75, 3.05) is 5.73 Å². The van der Waals surface area contributed by atoms with E-state index in [-0.39, 0.29) is 17.4 Å². The number of anilines is 1. The number of nitrogen functional groups attached to an aromatic ring is 1. The van der Waals surface area contributed by atoms with Gasteiger partial charge in [0.15, 0.2) is 0 Å². The third-order valence-electron chi connectivity index (χ3n) is 5.22. The summed E-state index contributed by atoms with van der Waals surface area (Å²) in [6, 6.07) is 18.7. The van der Waals surface area contributed by atoms with Crippen LogP contribution < -0.4 is 11.3 Å². The average molecular weight is 369 g/mol. The molecular formula is C24H23N3O. The fraction of sp³-hybridized carbons (Fsp3) is 0.208. The molecule has 0 bridgehead atoms. The van der Waals surface area contributed by atoms with E-state index in [0.29, 0.717) is 5.69 Å². The fourth-order valence-electron chi connectivity index (χ4n) is 3.52. The maximum Gasteiger partial charge on any atom is 0.254 e. The summed E-state index contributed by atoms with van der Waals surface area (Å²) in [5, 5.41) is 0. The van der Waals surface area contributed by atoms with E-state index in [1.807, 2.05) is 6.08 Å². The third kappa shape index (κ3) is 3.30. The van der Waals surface area contributed by atoms with E-state index in [4.69, 9.17) is 5.73 Å². The maximum atomic E-state index is 12.0. The summed E-state index contributed by atoms with van der Waals surface area (Å²) in [4.78, 5) is 16.4. The van der Waals surface area contributed by atoms with Gasteiger partial charge in [-0.05, 0) is 34.8 Å². The molecule has 0 saturated carbocycles. The molecule has 3 aromatic rings. The fourth-order valence-corrected chi connectivity index (χ4v) is 3.52. The zero-order valence-corrected chi connectivity index (χ0v) is 16.1. The van der Waals surface area contributed by atoms with Gasteiger partial charge in [0, 0.05) is 18.7 Å². The number of aromatic nitrogens is 2. The molecule has 1 heterocycles. The second kappa shape index (κ2) is 7.34. The molecule has 1 atom stereocenters. The van der Waals surface area contributed by atoms with E-state index in [1.54, 1.807) is 13.1 Å². The minimum atomic E-state index is -0.149. The molecule has 4 heteroatoms. The first kappa shape index (κ1) is 18.0. The number of hydrogen-bond acceptors (Lipinski definition) is 3. The van der Waals surface area contributed by atoms with Crippen LogP contribution in [0.4, 0.5) is 5.95 Å². The summed E-state index contributed by atoms with van der Waals surface area (Å²) in [5.74, 6) is 0.180. The van der Waals surface area contributed by atoms with Gasteiger partial charge in [0.05, 0.1) is 11.6 Å². The van der Waals surface area contributed by atoms with Crippen molar-refractivity contribution in [2.45, 2.75) is 25.7 Å². The average Bonchev–Trinajstić information content (AvgIpc) is 2.66. The predicted molar refractivity (Wildman–Crippen MR) is 114 cm³/mol. The molecule has 28 heavy (non-hydrogen) atoms. The zero-order valence-electron chi connectivity index (χ0n) is 16.1. The van der Waals surface area contributed by atoms with Crippen molar-refractivity contribution in [2.24, 2.45) is 7.05 Å². The van der Waals surface area contributed by atoms with Crippen molar-refractivity contribution in [3.05, 3.63) is 93.6 Å². The highest BCUT2D eigenvalue weighted by Gasteiger charge is 2.23. The number of rotatable bonds is 5. The van der Waals surface area contributed by atoms with Crippen LogP contribution in [0.15, 0.2) is 71.2 Å². The predicted octanol–water partition coefficient (Wildman–Crippen LogP) is 4.32. The minimum absolute atomic E-state index is 0.0464. The van der Waals surface area contributed by atoms with Crippen molar-refractivity contribution >= 4 is 11.5 Å². The molecule has 1 aromatic heterocycles. The first-order valence-electron chi connectivity index (χ1n) is 9.56. The van der Waals surface area contributed by atoms with Crippen molar-refractivity contribution < 1.29 is 0 Å². The van der Waals surface area contributed by atoms with Crippen LogP contribution in [0.3, 0.4) is 0 Å². The monoisotopic (exact) mass is 369 g/mol. The SMILES string of the molecule is CCCc1cccc(-c2ccc(C3=C=CC3c3cc(=O)n(C)c(N)n3)cc2)c1. The molecular weight excluding hydrogens is 346 g/mol. The van der Waals surface area contributed by atoms with Gasteiger partial charge in [-0.15, -0.1) is 5.73 Å². The molecule has 140 valence electrons. The Kier molecular flexibility index (Phi) is 4.72. The lowest BCUT2D eigenvalue weighted by Gasteiger charge is -2.21. The number of aryl methyl sites for hydroxylation is 1. The van der Waals surface area contributed by atoms with Gasteiger partial charge in [-0.25, -0.2) is 4.98 Å². The molecule has 1 aliphatic rings. The second-order valence-electron chi connectivity index (χ2n) is 7.17. The summed E-state index contributed by atoms with van der Waals surface area (Å²) in [5.41, 5.74) is 15.5. The number of nitrogens with two attached hydrogens (primary N) is 1. The van der Waals surface area contributed by atoms with Gasteiger partial charge in [-0.3, -0.25) is 9.36 Å². The molecule has 0 spiro atoms. The van der Waals surface area contributed by atoms with Gasteiger partial charge >= 0.3 is 0 Å². The Balaban J connectivity index is 1.59. The summed E-state index contributed by atoms with van der Waals surface area (Å²) < 4.78 is 1.34. The first-order chi connectivity index (χ1) is 13.6. The van der Waals surface area contributed by atoms with Crippen LogP contribution in [0.2, 0.25) is 0 Å². The Bertz CT molecular complexity index is 1150. The van der Waals surface area contributed by atoms with Crippen molar-refractivity contribution in [3.63, 3.8) is 0 Å². The lowest BCUT2D eigenvalue weighted by molar-refractivity contribution is 0.815. The van der Waals surface area contributed by atoms with Crippen LogP contribution in [0.25, 0.3) is 16.7 Å². The first-order valence-corrected chi connectivity index (χ1v) is 9.56. The molecule has 0 fully saturated rings. The normalized spacial score (nSPS) is 15.2. The molecule has 0 saturated heterocycles. The third-order valence-corrected chi connectivity index (χ3v) is 5.22. The van der Waals surface area contributed by atoms with Crippen LogP contribution in [0.1, 0.15) is 36.1 Å². The number of benzene rings is 2. The smallest absolute Gasteiger partial charge is 0.254 e. The van der Waals surface area contributed by atoms with Crippen molar-refractivity contribution in [1.82, 2.24) is 9.55 Å². The van der Waals surface area contributed by atoms with Crippen LogP contribution >= 0.6 is 0 Å². The van der Waals surface area contributed by atoms with E-state index < -0.39 is 0 Å². The molecule has 2 N–H and O–H groups in total. The molecule has 0 amide bonds. The lowest BCUT2D eigenvalue weighted by atomic mass is 9.83. The standard InChI is InChI=1S/C24H23N3O/c1-3-5-16-6-4-7-19(14-16)17-8-10-18(11-9-17)20-12-13-21(20)22-15-23(28)27(2)24(25)26-22/h4,6-11,13-15,21H,3,5H2,1-2H3,(H2,25,26). The van der Waals surface area contributed by atoms with Crippen molar-refractivity contribution in [1.29, 1.82) is 0 Å². The van der Waals surface area contributed by atoms with Crippen LogP contribution in [-0.2, 0) is 13.5 Å². The summed E-state index contributed by atoms with van der Waals surface area (Å²) in [6.07, 6.45) is 4.17. The minimum Gasteiger partial charge on any atom is -0.369 e. The zero-order chi connectivity index (χ0) is 19.7. The van der Waals surface area contributed by atoms with E-state index in [0.717, 1.165) is 24.0 Å². The lowest BCUT2D eigenvalue weighted by Crippen LogP contribution is -2.23. The van der Waals surface area contributed by atoms with E-state index in [1.165, 1.54) is 21.3 Å². The van der Waals surface area contributed by atoms with Crippen LogP contribution in [0.5, 0.6) is 0 Å². The highest BCUT2D eigenvalue weighted by Crippen LogP contribution is 2.37. The number of hydrogen-bond donors (Lipinski definition) is 1. The second-order valence-corrected chi connectivity index (χ2v) is 7.17. The topological polar surface area (TPSA) is 60.9 Å². The highest BCUT2D eigenvalue weighted by molar-refractivity contribution is 5.79. The molecule has 0 aliphatic heterocycles. The van der Waals surface area contributed by atoms with E-state index >= 15 is 0 Å². The molecule has 2 aromatic carbocycles. The summed E-state index contributed by atoms with van der Waals surface area (Å²) in [7, 11) is 1.62. The molecule has 1 aliphatic carbocycles. The molecule has 4 rings (SSSR count). The Morgan fingerprint density at radius 1 is 1.07 bits per heavy atom. The van der Waals surface area contributed by atoms with E-state index in [9.17, 15) is 4.79 Å². The van der Waals surface area contributed by atoms with Gasteiger partial charge < -0.3 is 5.73 Å². The van der Waals surface area contributed by atoms with Crippen molar-refractivity contribution in [3.8, 4) is 11.1 Å². The Hall–Kier alpha value is -3.36. The Morgan fingerprint density at radius 3 is 2.46 bits per heavy atom. The Labute approximate surface area is 164 Å². The van der Waals surface area contributed by atoms with Crippen LogP contribution in [0, 0.1) is 0 Å². The molecule has 0 radical (unpaired) electrons.